The second-order valence-electron chi connectivity index (χ2n) is 16.9. The Balaban J connectivity index is 1.23. The third-order valence-corrected chi connectivity index (χ3v) is 13.9. The summed E-state index contributed by atoms with van der Waals surface area (Å²) in [5.74, 6) is 0.477. The van der Waals surface area contributed by atoms with Crippen LogP contribution in [-0.4, -0.2) is 83.8 Å². The number of fused-ring (bicyclic) bond motifs is 9. The van der Waals surface area contributed by atoms with Crippen molar-refractivity contribution in [2.45, 2.75) is 121 Å². The average molecular weight is 731 g/mol. The number of sulfonamides is 1. The number of nitrogens with one attached hydrogen (secondary N) is 1. The SMILES string of the molecule is COc1ccc2c(c1)C1CC1(C(=O)N1CC3CC1CN3C(=O)OC(C)(C)C)Cn1c-2c(C2CCCCC2)c2ccc(C(=O)NS(=O)(=O)C(C)C)cc21. The normalized spacial score (nSPS) is 25.4. The molecule has 5 aliphatic rings. The van der Waals surface area contributed by atoms with Crippen LogP contribution < -0.4 is 9.46 Å². The second-order valence-corrected chi connectivity index (χ2v) is 19.2. The number of carbonyl (C=O) groups is 3. The topological polar surface area (TPSA) is 127 Å². The number of hydrogen-bond donors (Lipinski definition) is 1. The first kappa shape index (κ1) is 35.0. The van der Waals surface area contributed by atoms with Crippen LogP contribution in [0.2, 0.25) is 0 Å². The van der Waals surface area contributed by atoms with E-state index in [1.54, 1.807) is 31.9 Å². The zero-order chi connectivity index (χ0) is 36.9. The molecule has 4 unspecified atom stereocenters. The number of ether oxygens (including phenoxy) is 2. The molecular weight excluding hydrogens is 681 g/mol. The summed E-state index contributed by atoms with van der Waals surface area (Å²) in [6.45, 7) is 10.0. The molecule has 1 aromatic heterocycles. The molecule has 278 valence electrons. The van der Waals surface area contributed by atoms with Crippen LogP contribution in [-0.2, 0) is 26.1 Å². The minimum Gasteiger partial charge on any atom is -0.497 e. The number of aromatic nitrogens is 1. The summed E-state index contributed by atoms with van der Waals surface area (Å²) in [4.78, 5) is 45.3. The highest BCUT2D eigenvalue weighted by Gasteiger charge is 2.65. The average Bonchev–Trinajstić information content (AvgIpc) is 3.34. The maximum Gasteiger partial charge on any atom is 0.410 e. The van der Waals surface area contributed by atoms with Crippen molar-refractivity contribution in [2.75, 3.05) is 20.2 Å². The number of piperazine rings is 1. The van der Waals surface area contributed by atoms with E-state index in [9.17, 15) is 18.0 Å². The highest BCUT2D eigenvalue weighted by atomic mass is 32.2. The highest BCUT2D eigenvalue weighted by Crippen LogP contribution is 2.66. The van der Waals surface area contributed by atoms with Gasteiger partial charge in [-0.25, -0.2) is 17.9 Å². The molecule has 4 fully saturated rings. The Morgan fingerprint density at radius 2 is 1.67 bits per heavy atom. The van der Waals surface area contributed by atoms with Crippen molar-refractivity contribution in [3.05, 3.63) is 53.1 Å². The molecule has 2 saturated carbocycles. The standard InChI is InChI=1S/C40H50N4O7S/c1-23(2)52(48,49)41-36(45)25-12-14-30-33(16-25)44-22-40(37(46)42-20-27-17-26(42)21-43(27)38(47)51-39(3,4)5)19-32(40)31-18-28(50-6)13-15-29(31)35(44)34(30)24-10-8-7-9-11-24/h12-16,18,23-24,26-27,32H,7-11,17,19-22H2,1-6H3,(H,41,45). The lowest BCUT2D eigenvalue weighted by Gasteiger charge is -2.37. The lowest BCUT2D eigenvalue weighted by Crippen LogP contribution is -2.53. The lowest BCUT2D eigenvalue weighted by molar-refractivity contribution is -0.140. The smallest absolute Gasteiger partial charge is 0.410 e. The molecule has 0 spiro atoms. The van der Waals surface area contributed by atoms with Crippen molar-refractivity contribution in [2.24, 2.45) is 5.41 Å². The van der Waals surface area contributed by atoms with Crippen molar-refractivity contribution in [3.63, 3.8) is 0 Å². The number of carbonyl (C=O) groups excluding carboxylic acids is 3. The Hall–Kier alpha value is -4.06. The summed E-state index contributed by atoms with van der Waals surface area (Å²) in [6.07, 6.45) is 6.69. The van der Waals surface area contributed by atoms with E-state index in [4.69, 9.17) is 9.47 Å². The molecule has 52 heavy (non-hydrogen) atoms. The van der Waals surface area contributed by atoms with Gasteiger partial charge in [-0.3, -0.25) is 9.59 Å². The Labute approximate surface area is 306 Å². The van der Waals surface area contributed by atoms with Gasteiger partial charge < -0.3 is 23.8 Å². The van der Waals surface area contributed by atoms with Gasteiger partial charge in [-0.05, 0) is 108 Å². The number of amides is 3. The molecule has 3 aromatic rings. The minimum atomic E-state index is -3.84. The number of likely N-dealkylation sites (tertiary alicyclic amines) is 2. The molecule has 3 aliphatic heterocycles. The number of nitrogens with zero attached hydrogens (tertiary/aromatic N) is 3. The fourth-order valence-corrected chi connectivity index (χ4v) is 10.1. The number of hydrogen-bond acceptors (Lipinski definition) is 7. The minimum absolute atomic E-state index is 0.0250. The monoisotopic (exact) mass is 730 g/mol. The van der Waals surface area contributed by atoms with E-state index >= 15 is 4.79 Å². The molecule has 4 atom stereocenters. The van der Waals surface area contributed by atoms with Crippen molar-refractivity contribution >= 4 is 38.8 Å². The molecule has 2 aliphatic carbocycles. The number of methoxy groups -OCH3 is 1. The molecule has 0 radical (unpaired) electrons. The quantitative estimate of drug-likeness (QED) is 0.305. The fraction of sp³-hybridized carbons (Fsp3) is 0.575. The first-order valence-electron chi connectivity index (χ1n) is 18.8. The molecule has 12 heteroatoms. The van der Waals surface area contributed by atoms with Crippen LogP contribution in [0.5, 0.6) is 5.75 Å². The summed E-state index contributed by atoms with van der Waals surface area (Å²) in [5.41, 5.74) is 4.31. The largest absolute Gasteiger partial charge is 0.497 e. The molecule has 8 rings (SSSR count). The molecule has 3 amide bonds. The third-order valence-electron chi connectivity index (χ3n) is 12.2. The van der Waals surface area contributed by atoms with Gasteiger partial charge in [0.15, 0.2) is 0 Å². The van der Waals surface area contributed by atoms with E-state index in [1.165, 1.54) is 12.0 Å². The third kappa shape index (κ3) is 5.67. The van der Waals surface area contributed by atoms with E-state index in [2.05, 4.69) is 21.4 Å². The summed E-state index contributed by atoms with van der Waals surface area (Å²) < 4.78 is 41.4. The van der Waals surface area contributed by atoms with Gasteiger partial charge in [0.25, 0.3) is 5.91 Å². The molecule has 4 heterocycles. The summed E-state index contributed by atoms with van der Waals surface area (Å²) in [7, 11) is -2.17. The fourth-order valence-electron chi connectivity index (χ4n) is 9.47. The highest BCUT2D eigenvalue weighted by molar-refractivity contribution is 7.90. The van der Waals surface area contributed by atoms with Gasteiger partial charge in [-0.2, -0.15) is 0 Å². The van der Waals surface area contributed by atoms with Gasteiger partial charge in [0, 0.05) is 47.6 Å². The van der Waals surface area contributed by atoms with Crippen molar-refractivity contribution < 1.29 is 32.3 Å². The van der Waals surface area contributed by atoms with Crippen LogP contribution in [0.1, 0.15) is 113 Å². The van der Waals surface area contributed by atoms with Crippen LogP contribution >= 0.6 is 0 Å². The molecular formula is C40H50N4O7S. The van der Waals surface area contributed by atoms with E-state index in [0.29, 0.717) is 32.0 Å². The van der Waals surface area contributed by atoms with E-state index in [0.717, 1.165) is 65.6 Å². The molecule has 2 saturated heterocycles. The van der Waals surface area contributed by atoms with Crippen LogP contribution in [0.4, 0.5) is 4.79 Å². The molecule has 1 N–H and O–H groups in total. The van der Waals surface area contributed by atoms with Gasteiger partial charge in [-0.1, -0.05) is 25.3 Å². The Morgan fingerprint density at radius 3 is 2.33 bits per heavy atom. The summed E-state index contributed by atoms with van der Waals surface area (Å²) in [6, 6.07) is 11.6. The first-order valence-corrected chi connectivity index (χ1v) is 20.4. The second kappa shape index (κ2) is 12.2. The predicted molar refractivity (Wildman–Crippen MR) is 198 cm³/mol. The van der Waals surface area contributed by atoms with Crippen molar-refractivity contribution in [3.8, 4) is 17.0 Å². The van der Waals surface area contributed by atoms with Gasteiger partial charge in [0.1, 0.15) is 11.4 Å². The molecule has 2 aromatic carbocycles. The summed E-state index contributed by atoms with van der Waals surface area (Å²) >= 11 is 0. The van der Waals surface area contributed by atoms with Crippen molar-refractivity contribution in [1.82, 2.24) is 19.1 Å². The molecule has 11 nitrogen and oxygen atoms in total. The van der Waals surface area contributed by atoms with E-state index < -0.39 is 32.2 Å². The van der Waals surface area contributed by atoms with Crippen LogP contribution in [0.15, 0.2) is 36.4 Å². The zero-order valence-corrected chi connectivity index (χ0v) is 31.8. The maximum absolute atomic E-state index is 15.0. The lowest BCUT2D eigenvalue weighted by atomic mass is 9.81. The van der Waals surface area contributed by atoms with Gasteiger partial charge in [-0.15, -0.1) is 0 Å². The predicted octanol–water partition coefficient (Wildman–Crippen LogP) is 6.54. The van der Waals surface area contributed by atoms with Gasteiger partial charge in [0.05, 0.1) is 35.6 Å². The Morgan fingerprint density at radius 1 is 0.962 bits per heavy atom. The summed E-state index contributed by atoms with van der Waals surface area (Å²) in [5, 5.41) is 0.285. The van der Waals surface area contributed by atoms with E-state index in [-0.39, 0.29) is 35.6 Å². The van der Waals surface area contributed by atoms with Crippen LogP contribution in [0.25, 0.3) is 22.2 Å². The maximum atomic E-state index is 15.0. The number of benzene rings is 2. The van der Waals surface area contributed by atoms with E-state index in [1.807, 2.05) is 43.9 Å². The Kier molecular flexibility index (Phi) is 8.24. The Bertz CT molecular complexity index is 2090. The van der Waals surface area contributed by atoms with Crippen molar-refractivity contribution in [1.29, 1.82) is 0 Å². The van der Waals surface area contributed by atoms with Gasteiger partial charge >= 0.3 is 6.09 Å². The zero-order valence-electron chi connectivity index (χ0n) is 31.0. The first-order chi connectivity index (χ1) is 24.6. The molecule has 2 bridgehead atoms. The van der Waals surface area contributed by atoms with Gasteiger partial charge in [0.2, 0.25) is 15.9 Å². The van der Waals surface area contributed by atoms with Crippen LogP contribution in [0, 0.1) is 5.41 Å². The number of rotatable bonds is 6. The van der Waals surface area contributed by atoms with Crippen LogP contribution in [0.3, 0.4) is 0 Å².